The highest BCUT2D eigenvalue weighted by molar-refractivity contribution is 5.88. The van der Waals surface area contributed by atoms with Gasteiger partial charge >= 0.3 is 5.97 Å². The number of hydrogen-bond acceptors (Lipinski definition) is 3. The number of fused-ring (bicyclic) bond motifs is 1. The molecular formula is C13H10N2O3. The van der Waals surface area contributed by atoms with E-state index in [1.807, 2.05) is 31.2 Å². The lowest BCUT2D eigenvalue weighted by Gasteiger charge is -1.89. The highest BCUT2D eigenvalue weighted by atomic mass is 16.4. The molecule has 0 atom stereocenters. The molecule has 0 bridgehead atoms. The van der Waals surface area contributed by atoms with Crippen LogP contribution in [0.5, 0.6) is 0 Å². The fourth-order valence-corrected chi connectivity index (χ4v) is 1.85. The summed E-state index contributed by atoms with van der Waals surface area (Å²) in [5.41, 5.74) is 2.44. The Morgan fingerprint density at radius 1 is 1.33 bits per heavy atom. The zero-order valence-corrected chi connectivity index (χ0v) is 9.60. The molecule has 0 amide bonds. The lowest BCUT2D eigenvalue weighted by molar-refractivity contribution is 0.0690. The quantitative estimate of drug-likeness (QED) is 0.724. The highest BCUT2D eigenvalue weighted by Crippen LogP contribution is 2.27. The average molecular weight is 242 g/mol. The number of furan rings is 1. The van der Waals surface area contributed by atoms with Crippen LogP contribution in [0.2, 0.25) is 0 Å². The second-order valence-electron chi connectivity index (χ2n) is 4.12. The van der Waals surface area contributed by atoms with Crippen molar-refractivity contribution < 1.29 is 14.3 Å². The number of aromatic amines is 1. The predicted molar refractivity (Wildman–Crippen MR) is 65.5 cm³/mol. The van der Waals surface area contributed by atoms with Gasteiger partial charge in [-0.25, -0.2) is 4.79 Å². The van der Waals surface area contributed by atoms with Gasteiger partial charge in [-0.05, 0) is 25.1 Å². The van der Waals surface area contributed by atoms with Crippen LogP contribution in [0.4, 0.5) is 0 Å². The van der Waals surface area contributed by atoms with E-state index in [2.05, 4.69) is 10.2 Å². The number of carboxylic acid groups (broad SMARTS) is 1. The molecule has 0 spiro atoms. The van der Waals surface area contributed by atoms with Crippen molar-refractivity contribution in [3.63, 3.8) is 0 Å². The molecule has 90 valence electrons. The van der Waals surface area contributed by atoms with Crippen LogP contribution < -0.4 is 0 Å². The largest absolute Gasteiger partial charge is 0.476 e. The summed E-state index contributed by atoms with van der Waals surface area (Å²) in [4.78, 5) is 10.7. The maximum atomic E-state index is 10.7. The molecule has 2 heterocycles. The Morgan fingerprint density at radius 3 is 2.89 bits per heavy atom. The Morgan fingerprint density at radius 2 is 2.17 bits per heavy atom. The van der Waals surface area contributed by atoms with Crippen molar-refractivity contribution in [2.24, 2.45) is 0 Å². The number of benzene rings is 1. The fourth-order valence-electron chi connectivity index (χ4n) is 1.85. The minimum absolute atomic E-state index is 0.0263. The summed E-state index contributed by atoms with van der Waals surface area (Å²) < 4.78 is 5.64. The van der Waals surface area contributed by atoms with Crippen LogP contribution in [0.25, 0.3) is 22.4 Å². The molecule has 0 aliphatic rings. The Bertz CT molecular complexity index is 740. The Kier molecular flexibility index (Phi) is 2.19. The second kappa shape index (κ2) is 3.73. The summed E-state index contributed by atoms with van der Waals surface area (Å²) in [5, 5.41) is 16.1. The van der Waals surface area contributed by atoms with Gasteiger partial charge in [-0.2, -0.15) is 5.10 Å². The van der Waals surface area contributed by atoms with Crippen LogP contribution in [-0.4, -0.2) is 21.3 Å². The molecule has 5 heteroatoms. The van der Waals surface area contributed by atoms with Crippen molar-refractivity contribution in [2.75, 3.05) is 0 Å². The molecule has 0 radical (unpaired) electrons. The van der Waals surface area contributed by atoms with Crippen molar-refractivity contribution in [3.05, 3.63) is 41.6 Å². The number of hydrogen-bond donors (Lipinski definition) is 2. The maximum absolute atomic E-state index is 10.7. The first kappa shape index (κ1) is 10.6. The van der Waals surface area contributed by atoms with Crippen LogP contribution in [-0.2, 0) is 0 Å². The highest BCUT2D eigenvalue weighted by Gasteiger charge is 2.12. The lowest BCUT2D eigenvalue weighted by atomic mass is 10.2. The van der Waals surface area contributed by atoms with Gasteiger partial charge in [0.25, 0.3) is 0 Å². The van der Waals surface area contributed by atoms with Gasteiger partial charge in [-0.3, -0.25) is 5.10 Å². The van der Waals surface area contributed by atoms with Crippen molar-refractivity contribution >= 4 is 16.9 Å². The third-order valence-electron chi connectivity index (χ3n) is 2.73. The van der Waals surface area contributed by atoms with E-state index in [0.29, 0.717) is 11.5 Å². The molecule has 2 N–H and O–H groups in total. The first-order chi connectivity index (χ1) is 8.63. The number of rotatable bonds is 2. The van der Waals surface area contributed by atoms with Crippen molar-refractivity contribution in [1.29, 1.82) is 0 Å². The number of carbonyl (C=O) groups is 1. The van der Waals surface area contributed by atoms with Crippen LogP contribution in [0.1, 0.15) is 16.1 Å². The molecule has 5 nitrogen and oxygen atoms in total. The maximum Gasteiger partial charge on any atom is 0.356 e. The van der Waals surface area contributed by atoms with Gasteiger partial charge in [-0.1, -0.05) is 11.6 Å². The molecule has 0 aliphatic carbocycles. The van der Waals surface area contributed by atoms with Gasteiger partial charge in [0.1, 0.15) is 11.3 Å². The van der Waals surface area contributed by atoms with Gasteiger partial charge in [0.05, 0.1) is 0 Å². The van der Waals surface area contributed by atoms with E-state index >= 15 is 0 Å². The molecule has 2 aromatic heterocycles. The topological polar surface area (TPSA) is 79.1 Å². The van der Waals surface area contributed by atoms with Crippen LogP contribution >= 0.6 is 0 Å². The van der Waals surface area contributed by atoms with Crippen LogP contribution in [0, 0.1) is 6.92 Å². The normalized spacial score (nSPS) is 10.9. The number of aromatic nitrogens is 2. The molecule has 3 aromatic rings. The molecule has 18 heavy (non-hydrogen) atoms. The predicted octanol–water partition coefficient (Wildman–Crippen LogP) is 2.83. The van der Waals surface area contributed by atoms with E-state index in [0.717, 1.165) is 16.5 Å². The van der Waals surface area contributed by atoms with Gasteiger partial charge in [0.2, 0.25) is 0 Å². The standard InChI is InChI=1S/C13H10N2O3/c1-7-2-3-11-8(4-7)5-12(18-11)9-6-10(13(16)17)15-14-9/h2-6H,1H3,(H,14,15)(H,16,17). The molecular weight excluding hydrogens is 232 g/mol. The van der Waals surface area contributed by atoms with E-state index in [1.54, 1.807) is 0 Å². The third kappa shape index (κ3) is 1.66. The number of H-pyrrole nitrogens is 1. The van der Waals surface area contributed by atoms with Gasteiger partial charge < -0.3 is 9.52 Å². The van der Waals surface area contributed by atoms with E-state index < -0.39 is 5.97 Å². The Hall–Kier alpha value is -2.56. The monoisotopic (exact) mass is 242 g/mol. The summed E-state index contributed by atoms with van der Waals surface area (Å²) >= 11 is 0. The average Bonchev–Trinajstić information content (AvgIpc) is 2.93. The number of aryl methyl sites for hydroxylation is 1. The first-order valence-corrected chi connectivity index (χ1v) is 5.43. The van der Waals surface area contributed by atoms with Crippen LogP contribution in [0.15, 0.2) is 34.7 Å². The van der Waals surface area contributed by atoms with E-state index in [-0.39, 0.29) is 5.69 Å². The van der Waals surface area contributed by atoms with E-state index in [4.69, 9.17) is 9.52 Å². The van der Waals surface area contributed by atoms with E-state index in [9.17, 15) is 4.79 Å². The molecule has 0 aliphatic heterocycles. The SMILES string of the molecule is Cc1ccc2oc(-c3cc(C(=O)O)n[nH]3)cc2c1. The van der Waals surface area contributed by atoms with Gasteiger partial charge in [-0.15, -0.1) is 0 Å². The number of aromatic carboxylic acids is 1. The molecule has 0 fully saturated rings. The Labute approximate surface area is 102 Å². The summed E-state index contributed by atoms with van der Waals surface area (Å²) in [6.07, 6.45) is 0. The summed E-state index contributed by atoms with van der Waals surface area (Å²) in [7, 11) is 0. The first-order valence-electron chi connectivity index (χ1n) is 5.43. The van der Waals surface area contributed by atoms with Crippen LogP contribution in [0.3, 0.4) is 0 Å². The molecule has 0 saturated heterocycles. The summed E-state index contributed by atoms with van der Waals surface area (Å²) in [5.74, 6) is -0.486. The third-order valence-corrected chi connectivity index (χ3v) is 2.73. The van der Waals surface area contributed by atoms with Crippen molar-refractivity contribution in [1.82, 2.24) is 10.2 Å². The number of nitrogens with zero attached hydrogens (tertiary/aromatic N) is 1. The van der Waals surface area contributed by atoms with Gasteiger partial charge in [0.15, 0.2) is 11.5 Å². The fraction of sp³-hybridized carbons (Fsp3) is 0.0769. The lowest BCUT2D eigenvalue weighted by Crippen LogP contribution is -1.95. The minimum atomic E-state index is -1.07. The molecule has 1 aromatic carbocycles. The second-order valence-corrected chi connectivity index (χ2v) is 4.12. The summed E-state index contributed by atoms with van der Waals surface area (Å²) in [6, 6.07) is 9.18. The Balaban J connectivity index is 2.10. The van der Waals surface area contributed by atoms with Crippen molar-refractivity contribution in [3.8, 4) is 11.5 Å². The zero-order chi connectivity index (χ0) is 12.7. The van der Waals surface area contributed by atoms with Gasteiger partial charge in [0, 0.05) is 11.5 Å². The smallest absolute Gasteiger partial charge is 0.356 e. The molecule has 3 rings (SSSR count). The van der Waals surface area contributed by atoms with Crippen molar-refractivity contribution in [2.45, 2.75) is 6.92 Å². The molecule has 0 saturated carbocycles. The molecule has 0 unspecified atom stereocenters. The van der Waals surface area contributed by atoms with E-state index in [1.165, 1.54) is 6.07 Å². The zero-order valence-electron chi connectivity index (χ0n) is 9.60. The number of nitrogens with one attached hydrogen (secondary N) is 1. The summed E-state index contributed by atoms with van der Waals surface area (Å²) in [6.45, 7) is 2.00. The number of carboxylic acids is 1. The minimum Gasteiger partial charge on any atom is -0.476 e.